The van der Waals surface area contributed by atoms with Gasteiger partial charge in [0.1, 0.15) is 6.10 Å². The summed E-state index contributed by atoms with van der Waals surface area (Å²) in [5.74, 6) is 0.509. The molecule has 2 unspecified atom stereocenters. The molecule has 4 fully saturated rings. The molecule has 3 aliphatic heterocycles. The van der Waals surface area contributed by atoms with Crippen LogP contribution in [0.25, 0.3) is 0 Å². The lowest BCUT2D eigenvalue weighted by Crippen LogP contribution is -2.61. The van der Waals surface area contributed by atoms with E-state index in [0.717, 1.165) is 19.3 Å². The lowest BCUT2D eigenvalue weighted by Gasteiger charge is -2.48. The number of benzene rings is 1. The zero-order valence-electron chi connectivity index (χ0n) is 18.0. The third kappa shape index (κ3) is 4.03. The minimum atomic E-state index is -3.71. The maximum atomic E-state index is 13.6. The van der Waals surface area contributed by atoms with Crippen molar-refractivity contribution >= 4 is 27.7 Å². The van der Waals surface area contributed by atoms with Crippen molar-refractivity contribution in [1.82, 2.24) is 14.1 Å². The molecule has 32 heavy (non-hydrogen) atoms. The second-order valence-electron chi connectivity index (χ2n) is 9.32. The number of piperazine rings is 1. The van der Waals surface area contributed by atoms with Crippen LogP contribution in [0.5, 0.6) is 0 Å². The summed E-state index contributed by atoms with van der Waals surface area (Å²) >= 11 is 5.97. The van der Waals surface area contributed by atoms with Crippen molar-refractivity contribution in [2.45, 2.75) is 48.8 Å². The average molecular weight is 484 g/mol. The van der Waals surface area contributed by atoms with Crippen LogP contribution in [0.3, 0.4) is 0 Å². The summed E-state index contributed by atoms with van der Waals surface area (Å²) in [5.41, 5.74) is 0. The number of hydrogen-bond donors (Lipinski definition) is 1. The smallest absolute Gasteiger partial charge is 0.410 e. The standard InChI is InChI=1S/C22H30ClN3O5S/c23-15-4-6-16(7-5-15)32(29,30)26-19-2-1-3-20(26)21(18-14-17(18)19)31-22(28)25-10-8-24(9-11-25)12-13-27/h4-7,17-21,27H,1-3,8-14H2/t17-,18+,19?,20?,21+/m1/s1. The van der Waals surface area contributed by atoms with Crippen LogP contribution in [-0.2, 0) is 14.8 Å². The Hall–Kier alpha value is -1.39. The van der Waals surface area contributed by atoms with Gasteiger partial charge in [0, 0.05) is 49.7 Å². The third-order valence-electron chi connectivity index (χ3n) is 7.51. The number of β-amino-alcohol motifs (C(OH)–C–C–N with tert-alkyl or cyclic N) is 1. The maximum Gasteiger partial charge on any atom is 0.410 e. The second kappa shape index (κ2) is 8.76. The van der Waals surface area contributed by atoms with E-state index < -0.39 is 16.1 Å². The zero-order chi connectivity index (χ0) is 22.5. The Kier molecular flexibility index (Phi) is 6.13. The van der Waals surface area contributed by atoms with Crippen LogP contribution in [-0.4, -0.2) is 91.2 Å². The largest absolute Gasteiger partial charge is 0.444 e. The topological polar surface area (TPSA) is 90.4 Å². The Bertz CT molecular complexity index is 951. The van der Waals surface area contributed by atoms with Crippen molar-refractivity contribution in [2.24, 2.45) is 11.8 Å². The molecule has 10 heteroatoms. The molecule has 1 N–H and O–H groups in total. The van der Waals surface area contributed by atoms with Crippen molar-refractivity contribution in [3.8, 4) is 0 Å². The molecule has 4 aliphatic rings. The van der Waals surface area contributed by atoms with E-state index in [2.05, 4.69) is 4.90 Å². The quantitative estimate of drug-likeness (QED) is 0.689. The van der Waals surface area contributed by atoms with Gasteiger partial charge in [-0.25, -0.2) is 13.2 Å². The van der Waals surface area contributed by atoms with Crippen molar-refractivity contribution in [3.63, 3.8) is 0 Å². The summed E-state index contributed by atoms with van der Waals surface area (Å²) in [6, 6.07) is 5.97. The van der Waals surface area contributed by atoms with Gasteiger partial charge in [-0.3, -0.25) is 4.90 Å². The summed E-state index contributed by atoms with van der Waals surface area (Å²) < 4.78 is 34.9. The van der Waals surface area contributed by atoms with Crippen LogP contribution in [0.1, 0.15) is 25.7 Å². The number of halogens is 1. The number of piperidine rings is 2. The van der Waals surface area contributed by atoms with Crippen LogP contribution >= 0.6 is 11.6 Å². The number of aliphatic hydroxyl groups excluding tert-OH is 1. The molecule has 1 aromatic rings. The molecule has 0 aromatic heterocycles. The molecule has 0 spiro atoms. The highest BCUT2D eigenvalue weighted by Gasteiger charge is 2.63. The number of fused-ring (bicyclic) bond motifs is 4. The lowest BCUT2D eigenvalue weighted by molar-refractivity contribution is -0.0357. The highest BCUT2D eigenvalue weighted by molar-refractivity contribution is 7.89. The van der Waals surface area contributed by atoms with Gasteiger partial charge in [-0.2, -0.15) is 4.31 Å². The van der Waals surface area contributed by atoms with E-state index in [9.17, 15) is 13.2 Å². The van der Waals surface area contributed by atoms with Gasteiger partial charge in [-0.1, -0.05) is 18.0 Å². The number of nitrogens with zero attached hydrogens (tertiary/aromatic N) is 3. The number of sulfonamides is 1. The Morgan fingerprint density at radius 1 is 1.06 bits per heavy atom. The summed E-state index contributed by atoms with van der Waals surface area (Å²) in [6.07, 6.45) is 2.67. The van der Waals surface area contributed by atoms with E-state index in [4.69, 9.17) is 21.4 Å². The number of amides is 1. The first kappa shape index (κ1) is 22.4. The molecular weight excluding hydrogens is 454 g/mol. The first-order valence-corrected chi connectivity index (χ1v) is 13.3. The highest BCUT2D eigenvalue weighted by Crippen LogP contribution is 2.57. The van der Waals surface area contributed by atoms with Gasteiger partial charge in [-0.15, -0.1) is 0 Å². The number of carbonyl (C=O) groups is 1. The molecule has 176 valence electrons. The number of carbonyl (C=O) groups excluding carboxylic acids is 1. The predicted octanol–water partition coefficient (Wildman–Crippen LogP) is 2.02. The highest BCUT2D eigenvalue weighted by atomic mass is 35.5. The normalized spacial score (nSPS) is 32.9. The van der Waals surface area contributed by atoms with Crippen molar-refractivity contribution in [2.75, 3.05) is 39.3 Å². The predicted molar refractivity (Wildman–Crippen MR) is 119 cm³/mol. The summed E-state index contributed by atoms with van der Waals surface area (Å²) in [7, 11) is -3.71. The molecule has 1 aliphatic carbocycles. The Morgan fingerprint density at radius 3 is 2.44 bits per heavy atom. The minimum absolute atomic E-state index is 0.0172. The number of hydrogen-bond acceptors (Lipinski definition) is 6. The molecule has 5 atom stereocenters. The fourth-order valence-electron chi connectivity index (χ4n) is 5.83. The van der Waals surface area contributed by atoms with Gasteiger partial charge >= 0.3 is 6.09 Å². The van der Waals surface area contributed by atoms with Crippen LogP contribution in [0.4, 0.5) is 4.79 Å². The van der Waals surface area contributed by atoms with Gasteiger partial charge in [0.2, 0.25) is 10.0 Å². The summed E-state index contributed by atoms with van der Waals surface area (Å²) in [5, 5.41) is 9.60. The Balaban J connectivity index is 1.34. The van der Waals surface area contributed by atoms with Crippen LogP contribution < -0.4 is 0 Å². The van der Waals surface area contributed by atoms with Gasteiger partial charge < -0.3 is 14.7 Å². The second-order valence-corrected chi connectivity index (χ2v) is 11.6. The molecule has 0 radical (unpaired) electrons. The molecule has 8 nitrogen and oxygen atoms in total. The van der Waals surface area contributed by atoms with E-state index in [0.29, 0.717) is 44.2 Å². The molecular formula is C22H30ClN3O5S. The zero-order valence-corrected chi connectivity index (χ0v) is 19.5. The fraction of sp³-hybridized carbons (Fsp3) is 0.682. The van der Waals surface area contributed by atoms with Crippen molar-refractivity contribution < 1.29 is 23.1 Å². The lowest BCUT2D eigenvalue weighted by atomic mass is 9.85. The number of aliphatic hydroxyl groups is 1. The third-order valence-corrected chi connectivity index (χ3v) is 9.73. The van der Waals surface area contributed by atoms with E-state index in [1.807, 2.05) is 0 Å². The SMILES string of the molecule is O=C(O[C@@H]1C2CCCC([C@@H]3C[C@H]13)N2S(=O)(=O)c1ccc(Cl)cc1)N1CCN(CCO)CC1. The van der Waals surface area contributed by atoms with Gasteiger partial charge in [-0.05, 0) is 49.4 Å². The van der Waals surface area contributed by atoms with Gasteiger partial charge in [0.15, 0.2) is 0 Å². The van der Waals surface area contributed by atoms with E-state index in [-0.39, 0.29) is 41.5 Å². The number of ether oxygens (including phenoxy) is 1. The van der Waals surface area contributed by atoms with Gasteiger partial charge in [0.05, 0.1) is 17.5 Å². The fourth-order valence-corrected chi connectivity index (χ4v) is 7.88. The molecule has 3 heterocycles. The first-order chi connectivity index (χ1) is 15.4. The summed E-state index contributed by atoms with van der Waals surface area (Å²) in [4.78, 5) is 17.0. The van der Waals surface area contributed by atoms with E-state index in [1.54, 1.807) is 33.5 Å². The maximum absolute atomic E-state index is 13.6. The van der Waals surface area contributed by atoms with Crippen LogP contribution in [0.15, 0.2) is 29.2 Å². The van der Waals surface area contributed by atoms with Gasteiger partial charge in [0.25, 0.3) is 0 Å². The molecule has 1 aromatic carbocycles. The summed E-state index contributed by atoms with van der Waals surface area (Å²) in [6.45, 7) is 3.23. The van der Waals surface area contributed by atoms with Crippen LogP contribution in [0.2, 0.25) is 5.02 Å². The van der Waals surface area contributed by atoms with Crippen molar-refractivity contribution in [1.29, 1.82) is 0 Å². The minimum Gasteiger partial charge on any atom is -0.444 e. The molecule has 3 saturated heterocycles. The molecule has 1 amide bonds. The molecule has 2 bridgehead atoms. The van der Waals surface area contributed by atoms with Crippen LogP contribution in [0, 0.1) is 11.8 Å². The number of rotatable bonds is 5. The Labute approximate surface area is 194 Å². The average Bonchev–Trinajstić information content (AvgIpc) is 3.58. The first-order valence-electron chi connectivity index (χ1n) is 11.5. The van der Waals surface area contributed by atoms with E-state index in [1.165, 1.54) is 0 Å². The molecule has 5 rings (SSSR count). The van der Waals surface area contributed by atoms with E-state index >= 15 is 0 Å². The Morgan fingerprint density at radius 2 is 1.75 bits per heavy atom. The monoisotopic (exact) mass is 483 g/mol. The molecule has 1 saturated carbocycles. The van der Waals surface area contributed by atoms with Crippen molar-refractivity contribution in [3.05, 3.63) is 29.3 Å².